The molecule has 0 saturated carbocycles. The third kappa shape index (κ3) is 7.88. The number of halogens is 1. The lowest BCUT2D eigenvalue weighted by molar-refractivity contribution is -0.128. The van der Waals surface area contributed by atoms with Crippen molar-refractivity contribution >= 4 is 35.8 Å². The molecule has 0 aromatic rings. The van der Waals surface area contributed by atoms with Gasteiger partial charge in [0.15, 0.2) is 5.96 Å². The summed E-state index contributed by atoms with van der Waals surface area (Å²) in [6.07, 6.45) is 5.78. The number of hydrogen-bond acceptors (Lipinski definition) is 3. The molecular weight excluding hydrogens is 371 g/mol. The van der Waals surface area contributed by atoms with Crippen molar-refractivity contribution in [1.29, 1.82) is 0 Å². The summed E-state index contributed by atoms with van der Waals surface area (Å²) < 4.78 is 5.47. The van der Waals surface area contributed by atoms with Gasteiger partial charge in [0.25, 0.3) is 0 Å². The predicted molar refractivity (Wildman–Crippen MR) is 91.1 cm³/mol. The minimum absolute atomic E-state index is 0. The number of ether oxygens (including phenoxy) is 1. The maximum Gasteiger partial charge on any atom is 0.246 e. The summed E-state index contributed by atoms with van der Waals surface area (Å²) in [6, 6.07) is 0. The lowest BCUT2D eigenvalue weighted by atomic mass is 10.2. The monoisotopic (exact) mass is 398 g/mol. The lowest BCUT2D eigenvalue weighted by Gasteiger charge is -2.10. The fourth-order valence-electron chi connectivity index (χ4n) is 2.07. The molecule has 118 valence electrons. The molecule has 1 aliphatic rings. The average Bonchev–Trinajstić information content (AvgIpc) is 2.85. The second-order valence-electron chi connectivity index (χ2n) is 4.94. The minimum Gasteiger partial charge on any atom is -0.370 e. The number of carbonyl (C=O) groups excluding carboxylic acids is 1. The maximum atomic E-state index is 10.9. The Hall–Kier alpha value is -0.570. The van der Waals surface area contributed by atoms with E-state index in [-0.39, 0.29) is 30.1 Å². The molecule has 2 atom stereocenters. The van der Waals surface area contributed by atoms with Crippen LogP contribution in [0.2, 0.25) is 0 Å². The molecule has 1 fully saturated rings. The van der Waals surface area contributed by atoms with Gasteiger partial charge in [-0.05, 0) is 19.3 Å². The van der Waals surface area contributed by atoms with E-state index in [1.807, 2.05) is 0 Å². The van der Waals surface area contributed by atoms with E-state index < -0.39 is 12.0 Å². The predicted octanol–water partition coefficient (Wildman–Crippen LogP) is 1.12. The van der Waals surface area contributed by atoms with E-state index in [1.165, 1.54) is 19.3 Å². The van der Waals surface area contributed by atoms with Crippen molar-refractivity contribution in [2.45, 2.75) is 57.7 Å². The van der Waals surface area contributed by atoms with Gasteiger partial charge in [-0.2, -0.15) is 0 Å². The van der Waals surface area contributed by atoms with Crippen molar-refractivity contribution in [3.8, 4) is 0 Å². The lowest BCUT2D eigenvalue weighted by Crippen LogP contribution is -2.33. The zero-order valence-corrected chi connectivity index (χ0v) is 14.5. The Labute approximate surface area is 138 Å². The van der Waals surface area contributed by atoms with Crippen molar-refractivity contribution in [1.82, 2.24) is 5.32 Å². The normalized spacial score (nSPS) is 22.4. The van der Waals surface area contributed by atoms with E-state index in [0.29, 0.717) is 18.9 Å². The minimum atomic E-state index is -0.455. The highest BCUT2D eigenvalue weighted by molar-refractivity contribution is 14.0. The van der Waals surface area contributed by atoms with Crippen LogP contribution in [0.1, 0.15) is 45.4 Å². The number of rotatable bonds is 8. The molecule has 1 amide bonds. The molecule has 5 N–H and O–H groups in total. The Morgan fingerprint density at radius 3 is 2.65 bits per heavy atom. The Balaban J connectivity index is 0.00000361. The molecule has 1 rings (SSSR count). The quantitative estimate of drug-likeness (QED) is 0.247. The Morgan fingerprint density at radius 1 is 1.30 bits per heavy atom. The number of carbonyl (C=O) groups is 1. The fourth-order valence-corrected chi connectivity index (χ4v) is 2.07. The molecule has 0 aromatic carbocycles. The molecule has 20 heavy (non-hydrogen) atoms. The summed E-state index contributed by atoms with van der Waals surface area (Å²) in [6.45, 7) is 3.52. The van der Waals surface area contributed by atoms with Gasteiger partial charge in [-0.3, -0.25) is 9.79 Å². The van der Waals surface area contributed by atoms with Crippen molar-refractivity contribution in [2.75, 3.05) is 13.1 Å². The van der Waals surface area contributed by atoms with Gasteiger partial charge in [0, 0.05) is 6.54 Å². The van der Waals surface area contributed by atoms with Crippen LogP contribution >= 0.6 is 24.0 Å². The number of amides is 1. The van der Waals surface area contributed by atoms with Crippen LogP contribution in [0.3, 0.4) is 0 Å². The number of unbranched alkanes of at least 4 members (excludes halogenated alkanes) is 3. The Bertz CT molecular complexity index is 313. The Kier molecular flexibility index (Phi) is 10.8. The first-order chi connectivity index (χ1) is 9.13. The van der Waals surface area contributed by atoms with Crippen LogP contribution in [0.25, 0.3) is 0 Å². The van der Waals surface area contributed by atoms with Gasteiger partial charge in [0.2, 0.25) is 5.91 Å². The van der Waals surface area contributed by atoms with Gasteiger partial charge < -0.3 is 21.5 Å². The standard InChI is InChI=1S/C13H26N4O2.HI/c1-2-3-4-5-8-16-13(15)17-9-10-6-7-11(19-10)12(14)18;/h10-11H,2-9H2,1H3,(H2,14,18)(H3,15,16,17);1H. The first-order valence-electron chi connectivity index (χ1n) is 7.12. The van der Waals surface area contributed by atoms with Crippen LogP contribution in [0.4, 0.5) is 0 Å². The van der Waals surface area contributed by atoms with Gasteiger partial charge in [-0.1, -0.05) is 26.2 Å². The molecule has 1 aliphatic heterocycles. The van der Waals surface area contributed by atoms with E-state index in [1.54, 1.807) is 0 Å². The molecule has 0 spiro atoms. The number of hydrogen-bond donors (Lipinski definition) is 3. The maximum absolute atomic E-state index is 10.9. The highest BCUT2D eigenvalue weighted by atomic mass is 127. The van der Waals surface area contributed by atoms with Crippen LogP contribution < -0.4 is 16.8 Å². The third-order valence-electron chi connectivity index (χ3n) is 3.23. The van der Waals surface area contributed by atoms with Gasteiger partial charge in [-0.15, -0.1) is 24.0 Å². The second kappa shape index (κ2) is 11.1. The van der Waals surface area contributed by atoms with Crippen molar-refractivity contribution in [2.24, 2.45) is 16.5 Å². The molecule has 2 unspecified atom stereocenters. The van der Waals surface area contributed by atoms with E-state index in [9.17, 15) is 4.79 Å². The summed E-state index contributed by atoms with van der Waals surface area (Å²) in [4.78, 5) is 15.2. The molecule has 0 bridgehead atoms. The first kappa shape index (κ1) is 19.4. The van der Waals surface area contributed by atoms with Crippen LogP contribution in [-0.2, 0) is 9.53 Å². The summed E-state index contributed by atoms with van der Waals surface area (Å²) in [7, 11) is 0. The van der Waals surface area contributed by atoms with E-state index >= 15 is 0 Å². The molecule has 1 heterocycles. The van der Waals surface area contributed by atoms with Gasteiger partial charge >= 0.3 is 0 Å². The van der Waals surface area contributed by atoms with Gasteiger partial charge in [0.05, 0.1) is 12.6 Å². The SMILES string of the molecule is CCCCCCNC(N)=NCC1CCC(C(N)=O)O1.I. The summed E-state index contributed by atoms with van der Waals surface area (Å²) >= 11 is 0. The number of nitrogens with one attached hydrogen (secondary N) is 1. The zero-order valence-electron chi connectivity index (χ0n) is 12.1. The summed E-state index contributed by atoms with van der Waals surface area (Å²) in [5.41, 5.74) is 10.9. The van der Waals surface area contributed by atoms with E-state index in [4.69, 9.17) is 16.2 Å². The highest BCUT2D eigenvalue weighted by Gasteiger charge is 2.28. The summed E-state index contributed by atoms with van der Waals surface area (Å²) in [5.74, 6) is 0.0520. The van der Waals surface area contributed by atoms with E-state index in [2.05, 4.69) is 17.2 Å². The second-order valence-corrected chi connectivity index (χ2v) is 4.94. The molecular formula is C13H27IN4O2. The van der Waals surface area contributed by atoms with Gasteiger partial charge in [0.1, 0.15) is 6.10 Å². The first-order valence-corrected chi connectivity index (χ1v) is 7.12. The average molecular weight is 398 g/mol. The molecule has 7 heteroatoms. The molecule has 6 nitrogen and oxygen atoms in total. The van der Waals surface area contributed by atoms with Crippen molar-refractivity contribution < 1.29 is 9.53 Å². The topological polar surface area (TPSA) is 103 Å². The van der Waals surface area contributed by atoms with Crippen molar-refractivity contribution in [3.05, 3.63) is 0 Å². The summed E-state index contributed by atoms with van der Waals surface area (Å²) in [5, 5.41) is 3.08. The number of guanidine groups is 1. The number of aliphatic imine (C=N–C) groups is 1. The molecule has 0 aromatic heterocycles. The zero-order chi connectivity index (χ0) is 14.1. The van der Waals surface area contributed by atoms with Gasteiger partial charge in [-0.25, -0.2) is 0 Å². The van der Waals surface area contributed by atoms with Crippen molar-refractivity contribution in [3.63, 3.8) is 0 Å². The molecule has 0 radical (unpaired) electrons. The number of primary amides is 1. The smallest absolute Gasteiger partial charge is 0.246 e. The Morgan fingerprint density at radius 2 is 2.05 bits per heavy atom. The molecule has 0 aliphatic carbocycles. The van der Waals surface area contributed by atoms with Crippen LogP contribution in [0.5, 0.6) is 0 Å². The van der Waals surface area contributed by atoms with Crippen LogP contribution in [0.15, 0.2) is 4.99 Å². The van der Waals surface area contributed by atoms with Crippen LogP contribution in [0, 0.1) is 0 Å². The number of nitrogens with zero attached hydrogens (tertiary/aromatic N) is 1. The fraction of sp³-hybridized carbons (Fsp3) is 0.846. The third-order valence-corrected chi connectivity index (χ3v) is 3.23. The number of nitrogens with two attached hydrogens (primary N) is 2. The molecule has 1 saturated heterocycles. The van der Waals surface area contributed by atoms with Crippen LogP contribution in [-0.4, -0.2) is 37.2 Å². The largest absolute Gasteiger partial charge is 0.370 e. The highest BCUT2D eigenvalue weighted by Crippen LogP contribution is 2.19. The van der Waals surface area contributed by atoms with E-state index in [0.717, 1.165) is 19.4 Å².